The van der Waals surface area contributed by atoms with Crippen molar-refractivity contribution in [3.8, 4) is 5.82 Å². The van der Waals surface area contributed by atoms with Crippen LogP contribution < -0.4 is 5.32 Å². The average molecular weight is 348 g/mol. The van der Waals surface area contributed by atoms with Gasteiger partial charge in [0.2, 0.25) is 5.91 Å². The van der Waals surface area contributed by atoms with Crippen molar-refractivity contribution in [1.82, 2.24) is 14.8 Å². The number of carbonyl (C=O) groups is 1. The summed E-state index contributed by atoms with van der Waals surface area (Å²) < 4.78 is 7.48. The smallest absolute Gasteiger partial charge is 0.228 e. The lowest BCUT2D eigenvalue weighted by Gasteiger charge is -2.25. The average Bonchev–Trinajstić information content (AvgIpc) is 3.03. The van der Waals surface area contributed by atoms with Crippen LogP contribution in [0.4, 0.5) is 5.82 Å². The molecule has 0 radical (unpaired) electrons. The number of nitrogens with zero attached hydrogens (tertiary/aromatic N) is 3. The van der Waals surface area contributed by atoms with Crippen LogP contribution in [-0.2, 0) is 16.0 Å². The van der Waals surface area contributed by atoms with E-state index in [1.165, 1.54) is 5.56 Å². The fraction of sp³-hybridized carbons (Fsp3) is 0.250. The zero-order valence-corrected chi connectivity index (χ0v) is 14.6. The maximum Gasteiger partial charge on any atom is 0.228 e. The topological polar surface area (TPSA) is 69.0 Å². The lowest BCUT2D eigenvalue weighted by Crippen LogP contribution is -2.23. The molecule has 0 saturated carbocycles. The van der Waals surface area contributed by atoms with Crippen LogP contribution in [0, 0.1) is 6.92 Å². The largest absolute Gasteiger partial charge is 0.373 e. The minimum absolute atomic E-state index is 0.108. The summed E-state index contributed by atoms with van der Waals surface area (Å²) >= 11 is 0. The molecular formula is C20H20N4O2. The van der Waals surface area contributed by atoms with Crippen molar-refractivity contribution in [1.29, 1.82) is 0 Å². The Balaban J connectivity index is 1.52. The summed E-state index contributed by atoms with van der Waals surface area (Å²) in [5.41, 5.74) is 3.17. The number of aromatic nitrogens is 3. The van der Waals surface area contributed by atoms with E-state index in [1.807, 2.05) is 49.4 Å². The Hall–Kier alpha value is -2.99. The monoisotopic (exact) mass is 348 g/mol. The molecule has 0 saturated heterocycles. The van der Waals surface area contributed by atoms with Crippen LogP contribution >= 0.6 is 0 Å². The van der Waals surface area contributed by atoms with Crippen molar-refractivity contribution in [2.75, 3.05) is 11.9 Å². The quantitative estimate of drug-likeness (QED) is 0.786. The number of carbonyl (C=O) groups excluding carboxylic acids is 1. The Morgan fingerprint density at radius 1 is 1.27 bits per heavy atom. The molecule has 1 aliphatic heterocycles. The third-order valence-corrected chi connectivity index (χ3v) is 4.43. The van der Waals surface area contributed by atoms with Crippen LogP contribution in [0.15, 0.2) is 54.7 Å². The van der Waals surface area contributed by atoms with Crippen molar-refractivity contribution >= 4 is 11.7 Å². The van der Waals surface area contributed by atoms with E-state index < -0.39 is 0 Å². The number of hydrogen-bond acceptors (Lipinski definition) is 4. The highest BCUT2D eigenvalue weighted by molar-refractivity contribution is 5.90. The van der Waals surface area contributed by atoms with Gasteiger partial charge in [-0.05, 0) is 36.6 Å². The highest BCUT2D eigenvalue weighted by Crippen LogP contribution is 2.29. The predicted octanol–water partition coefficient (Wildman–Crippen LogP) is 3.22. The second-order valence-electron chi connectivity index (χ2n) is 6.33. The minimum Gasteiger partial charge on any atom is -0.373 e. The first kappa shape index (κ1) is 16.5. The van der Waals surface area contributed by atoms with Crippen LogP contribution in [0.1, 0.15) is 29.3 Å². The van der Waals surface area contributed by atoms with Crippen molar-refractivity contribution in [2.45, 2.75) is 25.9 Å². The minimum atomic E-state index is -0.215. The summed E-state index contributed by atoms with van der Waals surface area (Å²) in [6, 6.07) is 15.6. The lowest BCUT2D eigenvalue weighted by atomic mass is 9.96. The Morgan fingerprint density at radius 2 is 2.12 bits per heavy atom. The van der Waals surface area contributed by atoms with Gasteiger partial charge in [0.15, 0.2) is 5.82 Å². The van der Waals surface area contributed by atoms with Crippen molar-refractivity contribution < 1.29 is 9.53 Å². The van der Waals surface area contributed by atoms with Crippen molar-refractivity contribution in [3.05, 3.63) is 71.5 Å². The zero-order chi connectivity index (χ0) is 17.9. The fourth-order valence-electron chi connectivity index (χ4n) is 3.25. The fourth-order valence-corrected chi connectivity index (χ4v) is 3.25. The summed E-state index contributed by atoms with van der Waals surface area (Å²) in [5, 5.41) is 7.37. The number of nitrogens with one attached hydrogen (secondary N) is 1. The molecule has 6 nitrogen and oxygen atoms in total. The molecule has 26 heavy (non-hydrogen) atoms. The number of amides is 1. The second-order valence-corrected chi connectivity index (χ2v) is 6.33. The summed E-state index contributed by atoms with van der Waals surface area (Å²) in [4.78, 5) is 16.9. The molecule has 1 aliphatic rings. The van der Waals surface area contributed by atoms with E-state index in [1.54, 1.807) is 10.9 Å². The maximum atomic E-state index is 12.6. The van der Waals surface area contributed by atoms with Gasteiger partial charge < -0.3 is 10.1 Å². The highest BCUT2D eigenvalue weighted by Gasteiger charge is 2.23. The molecule has 1 aromatic carbocycles. The number of aryl methyl sites for hydroxylation is 1. The first-order chi connectivity index (χ1) is 12.7. The summed E-state index contributed by atoms with van der Waals surface area (Å²) in [5.74, 6) is 1.16. The molecule has 132 valence electrons. The first-order valence-electron chi connectivity index (χ1n) is 8.68. The van der Waals surface area contributed by atoms with Gasteiger partial charge in [-0.15, -0.1) is 0 Å². The van der Waals surface area contributed by atoms with E-state index in [-0.39, 0.29) is 18.4 Å². The number of benzene rings is 1. The molecule has 0 spiro atoms. The molecule has 1 atom stereocenters. The normalized spacial score (nSPS) is 16.1. The standard InChI is InChI=1S/C20H20N4O2/c1-14-12-19(24(23-14)18-8-4-5-10-21-18)22-20(25)13-17-16-7-3-2-6-15(16)9-11-26-17/h2-8,10,12,17H,9,11,13H2,1H3,(H,22,25). The van der Waals surface area contributed by atoms with Crippen LogP contribution in [0.3, 0.4) is 0 Å². The molecule has 2 aromatic heterocycles. The lowest BCUT2D eigenvalue weighted by molar-refractivity contribution is -0.119. The van der Waals surface area contributed by atoms with E-state index in [2.05, 4.69) is 21.5 Å². The number of pyridine rings is 1. The molecule has 0 fully saturated rings. The van der Waals surface area contributed by atoms with Crippen LogP contribution in [0.2, 0.25) is 0 Å². The van der Waals surface area contributed by atoms with Gasteiger partial charge in [0, 0.05) is 12.3 Å². The number of fused-ring (bicyclic) bond motifs is 1. The van der Waals surface area contributed by atoms with Gasteiger partial charge in [0.05, 0.1) is 24.8 Å². The molecule has 0 aliphatic carbocycles. The molecule has 4 rings (SSSR count). The Morgan fingerprint density at radius 3 is 2.96 bits per heavy atom. The van der Waals surface area contributed by atoms with Crippen LogP contribution in [0.5, 0.6) is 0 Å². The Kier molecular flexibility index (Phi) is 4.50. The van der Waals surface area contributed by atoms with Gasteiger partial charge in [-0.3, -0.25) is 4.79 Å². The van der Waals surface area contributed by atoms with Crippen LogP contribution in [-0.4, -0.2) is 27.3 Å². The molecule has 6 heteroatoms. The second kappa shape index (κ2) is 7.09. The van der Waals surface area contributed by atoms with E-state index >= 15 is 0 Å². The van der Waals surface area contributed by atoms with Gasteiger partial charge in [-0.25, -0.2) is 4.98 Å². The van der Waals surface area contributed by atoms with Crippen molar-refractivity contribution in [3.63, 3.8) is 0 Å². The summed E-state index contributed by atoms with van der Waals surface area (Å²) in [7, 11) is 0. The molecule has 3 aromatic rings. The van der Waals surface area contributed by atoms with Gasteiger partial charge in [0.25, 0.3) is 0 Å². The zero-order valence-electron chi connectivity index (χ0n) is 14.6. The highest BCUT2D eigenvalue weighted by atomic mass is 16.5. The first-order valence-corrected chi connectivity index (χ1v) is 8.68. The SMILES string of the molecule is Cc1cc(NC(=O)CC2OCCc3ccccc32)n(-c2ccccn2)n1. The van der Waals surface area contributed by atoms with E-state index in [9.17, 15) is 4.79 Å². The molecule has 1 amide bonds. The Bertz CT molecular complexity index is 921. The Labute approximate surface area is 151 Å². The number of anilines is 1. The summed E-state index contributed by atoms with van der Waals surface area (Å²) in [6.07, 6.45) is 2.64. The number of rotatable bonds is 4. The molecule has 1 unspecified atom stereocenters. The van der Waals surface area contributed by atoms with Crippen molar-refractivity contribution in [2.24, 2.45) is 0 Å². The maximum absolute atomic E-state index is 12.6. The van der Waals surface area contributed by atoms with E-state index in [0.717, 1.165) is 17.7 Å². The van der Waals surface area contributed by atoms with Gasteiger partial charge in [-0.1, -0.05) is 30.3 Å². The molecule has 3 heterocycles. The molecule has 0 bridgehead atoms. The van der Waals surface area contributed by atoms with Gasteiger partial charge in [0.1, 0.15) is 5.82 Å². The van der Waals surface area contributed by atoms with Crippen LogP contribution in [0.25, 0.3) is 5.82 Å². The van der Waals surface area contributed by atoms with E-state index in [0.29, 0.717) is 18.2 Å². The van der Waals surface area contributed by atoms with Gasteiger partial charge in [-0.2, -0.15) is 9.78 Å². The summed E-state index contributed by atoms with van der Waals surface area (Å²) in [6.45, 7) is 2.52. The third kappa shape index (κ3) is 3.36. The predicted molar refractivity (Wildman–Crippen MR) is 98.2 cm³/mol. The number of hydrogen-bond donors (Lipinski definition) is 1. The third-order valence-electron chi connectivity index (χ3n) is 4.43. The number of ether oxygens (including phenoxy) is 1. The molecule has 1 N–H and O–H groups in total. The van der Waals surface area contributed by atoms with Gasteiger partial charge >= 0.3 is 0 Å². The van der Waals surface area contributed by atoms with E-state index in [4.69, 9.17) is 4.74 Å². The molecular weight excluding hydrogens is 328 g/mol.